The Morgan fingerprint density at radius 3 is 2.77 bits per heavy atom. The smallest absolute Gasteiger partial charge is 0.297 e. The first-order chi connectivity index (χ1) is 15.0. The minimum Gasteiger partial charge on any atom is -0.497 e. The Morgan fingerprint density at radius 2 is 2.03 bits per heavy atom. The van der Waals surface area contributed by atoms with E-state index in [1.807, 2.05) is 19.1 Å². The van der Waals surface area contributed by atoms with E-state index < -0.39 is 11.9 Å². The van der Waals surface area contributed by atoms with Crippen LogP contribution in [0.15, 0.2) is 51.7 Å². The van der Waals surface area contributed by atoms with Crippen LogP contribution in [0.1, 0.15) is 39.7 Å². The van der Waals surface area contributed by atoms with Crippen LogP contribution in [0.3, 0.4) is 0 Å². The van der Waals surface area contributed by atoms with Crippen LogP contribution in [0.2, 0.25) is 5.02 Å². The van der Waals surface area contributed by atoms with Gasteiger partial charge in [-0.3, -0.25) is 14.5 Å². The van der Waals surface area contributed by atoms with Gasteiger partial charge in [-0.25, -0.2) is 0 Å². The van der Waals surface area contributed by atoms with E-state index in [9.17, 15) is 9.59 Å². The number of anilines is 1. The van der Waals surface area contributed by atoms with Crippen molar-refractivity contribution in [2.45, 2.75) is 19.4 Å². The van der Waals surface area contributed by atoms with Gasteiger partial charge in [0.05, 0.1) is 24.1 Å². The molecule has 0 aliphatic carbocycles. The van der Waals surface area contributed by atoms with Gasteiger partial charge in [0.25, 0.3) is 5.91 Å². The van der Waals surface area contributed by atoms with Crippen LogP contribution >= 0.6 is 22.9 Å². The molecule has 156 valence electrons. The number of aromatic nitrogens is 2. The Hall–Kier alpha value is -3.23. The molecule has 0 radical (unpaired) electrons. The van der Waals surface area contributed by atoms with E-state index in [0.29, 0.717) is 38.9 Å². The number of halogens is 1. The second kappa shape index (κ2) is 7.47. The van der Waals surface area contributed by atoms with Gasteiger partial charge >= 0.3 is 0 Å². The zero-order chi connectivity index (χ0) is 21.7. The number of rotatable bonds is 4. The summed E-state index contributed by atoms with van der Waals surface area (Å²) in [5.74, 6) is 0.176. The molecule has 0 N–H and O–H groups in total. The molecule has 0 spiro atoms. The molecule has 0 saturated carbocycles. The number of benzene rings is 2. The number of amides is 1. The van der Waals surface area contributed by atoms with Crippen molar-refractivity contribution in [3.05, 3.63) is 79.6 Å². The first kappa shape index (κ1) is 19.7. The molecule has 1 atom stereocenters. The monoisotopic (exact) mass is 453 g/mol. The summed E-state index contributed by atoms with van der Waals surface area (Å²) in [6.45, 7) is 1.96. The molecule has 3 heterocycles. The van der Waals surface area contributed by atoms with Gasteiger partial charge in [0.1, 0.15) is 16.3 Å². The second-order valence-electron chi connectivity index (χ2n) is 7.00. The summed E-state index contributed by atoms with van der Waals surface area (Å²) in [7, 11) is 1.56. The fraction of sp³-hybridized carbons (Fsp3) is 0.182. The highest BCUT2D eigenvalue weighted by atomic mass is 35.5. The van der Waals surface area contributed by atoms with Crippen LogP contribution in [0, 0.1) is 0 Å². The molecular formula is C22H16ClN3O4S. The fourth-order valence-electron chi connectivity index (χ4n) is 3.75. The highest BCUT2D eigenvalue weighted by molar-refractivity contribution is 7.15. The van der Waals surface area contributed by atoms with E-state index in [1.165, 1.54) is 16.2 Å². The van der Waals surface area contributed by atoms with Gasteiger partial charge < -0.3 is 9.15 Å². The third kappa shape index (κ3) is 3.10. The Labute approximate surface area is 185 Å². The van der Waals surface area contributed by atoms with Crippen molar-refractivity contribution in [3.63, 3.8) is 0 Å². The molecule has 5 rings (SSSR count). The number of carbonyl (C=O) groups excluding carboxylic acids is 1. The highest BCUT2D eigenvalue weighted by Crippen LogP contribution is 2.42. The van der Waals surface area contributed by atoms with Gasteiger partial charge in [0.15, 0.2) is 5.43 Å². The molecule has 0 saturated heterocycles. The lowest BCUT2D eigenvalue weighted by Gasteiger charge is -2.22. The molecular weight excluding hydrogens is 438 g/mol. The van der Waals surface area contributed by atoms with Gasteiger partial charge in [0, 0.05) is 5.02 Å². The molecule has 1 unspecified atom stereocenters. The predicted molar refractivity (Wildman–Crippen MR) is 118 cm³/mol. The standard InChI is InChI=1S/C22H16ClN3O4S/c1-3-16-24-25-22(31-16)26-18(11-5-4-6-13(9-11)29-2)17-19(27)14-10-12(23)7-8-15(14)30-20(17)21(26)28/h4-10,18H,3H2,1-2H3. The maximum atomic E-state index is 13.5. The number of hydrogen-bond acceptors (Lipinski definition) is 7. The number of ether oxygens (including phenoxy) is 1. The number of carbonyl (C=O) groups is 1. The van der Waals surface area contributed by atoms with Gasteiger partial charge in [0.2, 0.25) is 10.9 Å². The van der Waals surface area contributed by atoms with Crippen molar-refractivity contribution in [1.82, 2.24) is 10.2 Å². The number of fused-ring (bicyclic) bond motifs is 2. The quantitative estimate of drug-likeness (QED) is 0.448. The topological polar surface area (TPSA) is 85.5 Å². The largest absolute Gasteiger partial charge is 0.497 e. The zero-order valence-corrected chi connectivity index (χ0v) is 18.2. The first-order valence-corrected chi connectivity index (χ1v) is 10.8. The van der Waals surface area contributed by atoms with Crippen molar-refractivity contribution in [3.8, 4) is 5.75 Å². The van der Waals surface area contributed by atoms with E-state index in [-0.39, 0.29) is 16.8 Å². The minimum atomic E-state index is -0.727. The molecule has 0 bridgehead atoms. The molecule has 1 amide bonds. The van der Waals surface area contributed by atoms with Crippen LogP contribution in [-0.4, -0.2) is 23.2 Å². The van der Waals surface area contributed by atoms with Gasteiger partial charge in [-0.05, 0) is 42.3 Å². The van der Waals surface area contributed by atoms with Gasteiger partial charge in [-0.2, -0.15) is 0 Å². The van der Waals surface area contributed by atoms with E-state index >= 15 is 0 Å². The van der Waals surface area contributed by atoms with Crippen LogP contribution in [0.25, 0.3) is 11.0 Å². The van der Waals surface area contributed by atoms with E-state index in [1.54, 1.807) is 37.4 Å². The van der Waals surface area contributed by atoms with Crippen molar-refractivity contribution in [2.24, 2.45) is 0 Å². The molecule has 31 heavy (non-hydrogen) atoms. The number of hydrogen-bond donors (Lipinski definition) is 0. The summed E-state index contributed by atoms with van der Waals surface area (Å²) in [6.07, 6.45) is 0.691. The first-order valence-electron chi connectivity index (χ1n) is 9.58. The van der Waals surface area contributed by atoms with Crippen molar-refractivity contribution in [1.29, 1.82) is 0 Å². The molecule has 0 fully saturated rings. The molecule has 9 heteroatoms. The third-order valence-corrected chi connectivity index (χ3v) is 6.51. The highest BCUT2D eigenvalue weighted by Gasteiger charge is 2.45. The Morgan fingerprint density at radius 1 is 1.19 bits per heavy atom. The Balaban J connectivity index is 1.80. The number of methoxy groups -OCH3 is 1. The maximum absolute atomic E-state index is 13.5. The molecule has 2 aromatic carbocycles. The van der Waals surface area contributed by atoms with Crippen molar-refractivity contribution >= 4 is 44.9 Å². The molecule has 1 aliphatic heterocycles. The van der Waals surface area contributed by atoms with Crippen LogP contribution in [0.5, 0.6) is 5.75 Å². The maximum Gasteiger partial charge on any atom is 0.297 e. The van der Waals surface area contributed by atoms with E-state index in [4.69, 9.17) is 20.8 Å². The van der Waals surface area contributed by atoms with Crippen molar-refractivity contribution < 1.29 is 13.9 Å². The number of aryl methyl sites for hydroxylation is 1. The molecule has 7 nitrogen and oxygen atoms in total. The second-order valence-corrected chi connectivity index (χ2v) is 8.48. The Kier molecular flexibility index (Phi) is 4.75. The lowest BCUT2D eigenvalue weighted by molar-refractivity contribution is 0.0970. The van der Waals surface area contributed by atoms with Crippen LogP contribution in [0.4, 0.5) is 5.13 Å². The van der Waals surface area contributed by atoms with Crippen LogP contribution < -0.4 is 15.1 Å². The summed E-state index contributed by atoms with van der Waals surface area (Å²) < 4.78 is 11.3. The Bertz CT molecular complexity index is 1400. The average molecular weight is 454 g/mol. The summed E-state index contributed by atoms with van der Waals surface area (Å²) in [6, 6.07) is 11.3. The minimum absolute atomic E-state index is 0.000825. The van der Waals surface area contributed by atoms with E-state index in [0.717, 1.165) is 5.01 Å². The summed E-state index contributed by atoms with van der Waals surface area (Å²) in [5, 5.41) is 10.3. The predicted octanol–water partition coefficient (Wildman–Crippen LogP) is 4.62. The van der Waals surface area contributed by atoms with Gasteiger partial charge in [-0.15, -0.1) is 10.2 Å². The summed E-state index contributed by atoms with van der Waals surface area (Å²) in [4.78, 5) is 28.5. The lowest BCUT2D eigenvalue weighted by Crippen LogP contribution is -2.29. The summed E-state index contributed by atoms with van der Waals surface area (Å²) >= 11 is 7.43. The third-order valence-electron chi connectivity index (χ3n) is 5.21. The lowest BCUT2D eigenvalue weighted by atomic mass is 9.98. The van der Waals surface area contributed by atoms with Crippen molar-refractivity contribution in [2.75, 3.05) is 12.0 Å². The van der Waals surface area contributed by atoms with Gasteiger partial charge in [-0.1, -0.05) is 42.0 Å². The van der Waals surface area contributed by atoms with E-state index in [2.05, 4.69) is 10.2 Å². The molecule has 1 aliphatic rings. The number of nitrogens with zero attached hydrogens (tertiary/aromatic N) is 3. The SMILES string of the molecule is CCc1nnc(N2C(=O)c3oc4ccc(Cl)cc4c(=O)c3C2c2cccc(OC)c2)s1. The summed E-state index contributed by atoms with van der Waals surface area (Å²) in [5.41, 5.74) is 0.955. The zero-order valence-electron chi connectivity index (χ0n) is 16.6. The average Bonchev–Trinajstić information content (AvgIpc) is 3.37. The molecule has 4 aromatic rings. The molecule has 2 aromatic heterocycles. The fourth-order valence-corrected chi connectivity index (χ4v) is 4.73. The van der Waals surface area contributed by atoms with Crippen LogP contribution in [-0.2, 0) is 6.42 Å². The normalized spacial score (nSPS) is 15.5.